The van der Waals surface area contributed by atoms with Crippen molar-refractivity contribution >= 4 is 5.78 Å². The molecule has 6 nitrogen and oxygen atoms in total. The summed E-state index contributed by atoms with van der Waals surface area (Å²) in [6.45, 7) is 8.04. The number of carbonyl (C=O) groups excluding carboxylic acids is 1. The molecule has 0 bridgehead atoms. The van der Waals surface area contributed by atoms with Gasteiger partial charge in [-0.25, -0.2) is 4.79 Å². The lowest BCUT2D eigenvalue weighted by molar-refractivity contribution is 0.0960. The first-order chi connectivity index (χ1) is 12.7. The molecular weight excluding hydrogens is 344 g/mol. The van der Waals surface area contributed by atoms with E-state index in [4.69, 9.17) is 0 Å². The van der Waals surface area contributed by atoms with Crippen molar-refractivity contribution in [1.82, 2.24) is 9.13 Å². The summed E-state index contributed by atoms with van der Waals surface area (Å²) in [7, 11) is 0. The van der Waals surface area contributed by atoms with Gasteiger partial charge in [0.2, 0.25) is 5.88 Å². The van der Waals surface area contributed by atoms with Crippen molar-refractivity contribution in [2.75, 3.05) is 0 Å². The molecule has 0 atom stereocenters. The smallest absolute Gasteiger partial charge is 0.334 e. The van der Waals surface area contributed by atoms with Gasteiger partial charge in [0.15, 0.2) is 5.78 Å². The predicted molar refractivity (Wildman–Crippen MR) is 105 cm³/mol. The zero-order chi connectivity index (χ0) is 20.1. The van der Waals surface area contributed by atoms with Crippen molar-refractivity contribution < 1.29 is 9.90 Å². The first-order valence-corrected chi connectivity index (χ1v) is 9.36. The summed E-state index contributed by atoms with van der Waals surface area (Å²) in [6.07, 6.45) is 0.763. The van der Waals surface area contributed by atoms with E-state index in [0.29, 0.717) is 12.3 Å². The Hall–Kier alpha value is -2.63. The lowest BCUT2D eigenvalue weighted by Gasteiger charge is -2.16. The van der Waals surface area contributed by atoms with Crippen LogP contribution in [0.5, 0.6) is 5.88 Å². The Morgan fingerprint density at radius 3 is 2.19 bits per heavy atom. The summed E-state index contributed by atoms with van der Waals surface area (Å²) in [5, 5.41) is 10.6. The molecule has 0 saturated carbocycles. The Labute approximate surface area is 159 Å². The molecule has 1 aromatic heterocycles. The van der Waals surface area contributed by atoms with Crippen LogP contribution in [-0.4, -0.2) is 20.0 Å². The Bertz CT molecular complexity index is 908. The number of Topliss-reactive ketones (excluding diaryl/α,β-unsaturated/α-hetero) is 1. The van der Waals surface area contributed by atoms with Crippen LogP contribution in [0.2, 0.25) is 0 Å². The number of carbonyl (C=O) groups is 1. The van der Waals surface area contributed by atoms with Crippen LogP contribution in [0.3, 0.4) is 0 Å². The van der Waals surface area contributed by atoms with Crippen LogP contribution in [-0.2, 0) is 13.1 Å². The molecular formula is C21H28N2O4. The van der Waals surface area contributed by atoms with Crippen molar-refractivity contribution in [3.63, 3.8) is 0 Å². The topological polar surface area (TPSA) is 81.3 Å². The van der Waals surface area contributed by atoms with E-state index < -0.39 is 22.9 Å². The Morgan fingerprint density at radius 1 is 1.00 bits per heavy atom. The van der Waals surface area contributed by atoms with Crippen LogP contribution in [0.4, 0.5) is 0 Å². The molecule has 6 heteroatoms. The molecule has 146 valence electrons. The number of benzene rings is 1. The molecule has 27 heavy (non-hydrogen) atoms. The number of hydrogen-bond donors (Lipinski definition) is 1. The zero-order valence-electron chi connectivity index (χ0n) is 16.4. The minimum atomic E-state index is -0.701. The number of aromatic nitrogens is 2. The Balaban J connectivity index is 2.63. The van der Waals surface area contributed by atoms with Crippen LogP contribution in [0.15, 0.2) is 39.9 Å². The molecule has 0 aliphatic rings. The number of nitrogens with zero attached hydrogens (tertiary/aromatic N) is 2. The first-order valence-electron chi connectivity index (χ1n) is 9.36. The second-order valence-corrected chi connectivity index (χ2v) is 7.71. The maximum Gasteiger partial charge on any atom is 0.334 e. The van der Waals surface area contributed by atoms with Gasteiger partial charge in [0.05, 0.1) is 6.54 Å². The number of rotatable bonds is 8. The predicted octanol–water partition coefficient (Wildman–Crippen LogP) is 3.04. The third kappa shape index (κ3) is 4.96. The van der Waals surface area contributed by atoms with Gasteiger partial charge in [-0.2, -0.15) is 0 Å². The van der Waals surface area contributed by atoms with Crippen molar-refractivity contribution in [3.8, 4) is 5.88 Å². The number of aromatic hydroxyl groups is 1. The fourth-order valence-corrected chi connectivity index (χ4v) is 2.90. The highest BCUT2D eigenvalue weighted by Crippen LogP contribution is 2.17. The molecule has 1 aromatic carbocycles. The molecule has 1 heterocycles. The Morgan fingerprint density at radius 2 is 1.63 bits per heavy atom. The summed E-state index contributed by atoms with van der Waals surface area (Å²) in [4.78, 5) is 38.3. The van der Waals surface area contributed by atoms with Gasteiger partial charge >= 0.3 is 5.69 Å². The summed E-state index contributed by atoms with van der Waals surface area (Å²) in [5.41, 5.74) is -0.787. The molecule has 0 aliphatic carbocycles. The van der Waals surface area contributed by atoms with Crippen LogP contribution in [0, 0.1) is 11.8 Å². The average molecular weight is 372 g/mol. The van der Waals surface area contributed by atoms with Gasteiger partial charge in [0.25, 0.3) is 5.56 Å². The maximum absolute atomic E-state index is 12.9. The minimum absolute atomic E-state index is 0.0370. The van der Waals surface area contributed by atoms with Crippen molar-refractivity contribution in [2.24, 2.45) is 11.8 Å². The van der Waals surface area contributed by atoms with E-state index in [9.17, 15) is 19.5 Å². The molecule has 0 spiro atoms. The molecule has 2 rings (SSSR count). The average Bonchev–Trinajstić information content (AvgIpc) is 2.58. The fourth-order valence-electron chi connectivity index (χ4n) is 2.90. The van der Waals surface area contributed by atoms with Crippen LogP contribution in [0.25, 0.3) is 0 Å². The van der Waals surface area contributed by atoms with Gasteiger partial charge in [0, 0.05) is 13.0 Å². The summed E-state index contributed by atoms with van der Waals surface area (Å²) >= 11 is 0. The summed E-state index contributed by atoms with van der Waals surface area (Å²) < 4.78 is 2.20. The fraction of sp³-hybridized carbons (Fsp3) is 0.476. The standard InChI is InChI=1S/C21H28N2O4/c1-14(2)10-11-22-19(25)18(17(24)12-15(3)4)20(26)23(21(22)27)13-16-8-6-5-7-9-16/h5-9,14-15,26H,10-13H2,1-4H3. The third-order valence-corrected chi connectivity index (χ3v) is 4.39. The SMILES string of the molecule is CC(C)CCn1c(=O)c(C(=O)CC(C)C)c(O)n(Cc2ccccc2)c1=O. The number of ketones is 1. The Kier molecular flexibility index (Phi) is 6.77. The second kappa shape index (κ2) is 8.84. The van der Waals surface area contributed by atoms with Crippen molar-refractivity contribution in [1.29, 1.82) is 0 Å². The van der Waals surface area contributed by atoms with E-state index in [-0.39, 0.29) is 31.0 Å². The third-order valence-electron chi connectivity index (χ3n) is 4.39. The van der Waals surface area contributed by atoms with Gasteiger partial charge in [-0.3, -0.25) is 18.7 Å². The van der Waals surface area contributed by atoms with Crippen LogP contribution < -0.4 is 11.2 Å². The number of hydrogen-bond acceptors (Lipinski definition) is 4. The van der Waals surface area contributed by atoms with Crippen molar-refractivity contribution in [3.05, 3.63) is 62.3 Å². The molecule has 0 radical (unpaired) electrons. The molecule has 0 saturated heterocycles. The van der Waals surface area contributed by atoms with E-state index in [0.717, 1.165) is 14.7 Å². The van der Waals surface area contributed by atoms with E-state index in [1.165, 1.54) is 0 Å². The van der Waals surface area contributed by atoms with E-state index >= 15 is 0 Å². The molecule has 0 fully saturated rings. The normalized spacial score (nSPS) is 11.3. The van der Waals surface area contributed by atoms with Gasteiger partial charge in [-0.1, -0.05) is 58.0 Å². The molecule has 0 aliphatic heterocycles. The maximum atomic E-state index is 12.9. The van der Waals surface area contributed by atoms with Gasteiger partial charge in [0.1, 0.15) is 5.56 Å². The monoisotopic (exact) mass is 372 g/mol. The second-order valence-electron chi connectivity index (χ2n) is 7.71. The van der Waals surface area contributed by atoms with Gasteiger partial charge in [-0.05, 0) is 23.8 Å². The lowest BCUT2D eigenvalue weighted by Crippen LogP contribution is -2.43. The summed E-state index contributed by atoms with van der Waals surface area (Å²) in [5.74, 6) is -0.648. The summed E-state index contributed by atoms with van der Waals surface area (Å²) in [6, 6.07) is 9.16. The van der Waals surface area contributed by atoms with Gasteiger partial charge in [-0.15, -0.1) is 0 Å². The van der Waals surface area contributed by atoms with E-state index in [1.54, 1.807) is 0 Å². The minimum Gasteiger partial charge on any atom is -0.494 e. The molecule has 1 N–H and O–H groups in total. The van der Waals surface area contributed by atoms with E-state index in [1.807, 2.05) is 58.0 Å². The van der Waals surface area contributed by atoms with Crippen LogP contribution >= 0.6 is 0 Å². The first kappa shape index (κ1) is 20.7. The van der Waals surface area contributed by atoms with E-state index in [2.05, 4.69) is 0 Å². The molecule has 0 unspecified atom stereocenters. The highest BCUT2D eigenvalue weighted by atomic mass is 16.3. The largest absolute Gasteiger partial charge is 0.494 e. The molecule has 0 amide bonds. The molecule has 2 aromatic rings. The zero-order valence-corrected chi connectivity index (χ0v) is 16.4. The van der Waals surface area contributed by atoms with Crippen molar-refractivity contribution in [2.45, 2.75) is 53.6 Å². The quantitative estimate of drug-likeness (QED) is 0.722. The van der Waals surface area contributed by atoms with Gasteiger partial charge < -0.3 is 5.11 Å². The van der Waals surface area contributed by atoms with Crippen LogP contribution in [0.1, 0.15) is 56.5 Å². The lowest BCUT2D eigenvalue weighted by atomic mass is 10.0. The highest BCUT2D eigenvalue weighted by molar-refractivity contribution is 5.97. The highest BCUT2D eigenvalue weighted by Gasteiger charge is 2.24.